The lowest BCUT2D eigenvalue weighted by atomic mass is 10.1. The molecule has 0 fully saturated rings. The van der Waals surface area contributed by atoms with E-state index >= 15 is 0 Å². The van der Waals surface area contributed by atoms with Gasteiger partial charge in [0.25, 0.3) is 0 Å². The van der Waals surface area contributed by atoms with E-state index in [-0.39, 0.29) is 5.54 Å². The van der Waals surface area contributed by atoms with E-state index in [9.17, 15) is 5.21 Å². The van der Waals surface area contributed by atoms with Crippen molar-refractivity contribution in [2.75, 3.05) is 5.06 Å². The molecule has 12 heavy (non-hydrogen) atoms. The van der Waals surface area contributed by atoms with Gasteiger partial charge in [-0.25, -0.2) is 5.06 Å². The van der Waals surface area contributed by atoms with Gasteiger partial charge in [-0.15, -0.1) is 0 Å². The van der Waals surface area contributed by atoms with Gasteiger partial charge >= 0.3 is 0 Å². The van der Waals surface area contributed by atoms with Crippen molar-refractivity contribution in [2.45, 2.75) is 26.3 Å². The molecule has 0 atom stereocenters. The van der Waals surface area contributed by atoms with Crippen LogP contribution < -0.4 is 5.06 Å². The van der Waals surface area contributed by atoms with Crippen LogP contribution in [0.1, 0.15) is 20.8 Å². The largest absolute Gasteiger partial charge is 0.286 e. The van der Waals surface area contributed by atoms with Gasteiger partial charge in [0.05, 0.1) is 11.7 Å². The zero-order valence-corrected chi connectivity index (χ0v) is 7.94. The predicted octanol–water partition coefficient (Wildman–Crippen LogP) is 1.41. The Morgan fingerprint density at radius 3 is 2.42 bits per heavy atom. The fourth-order valence-electron chi connectivity index (χ4n) is 0.918. The van der Waals surface area contributed by atoms with Crippen molar-refractivity contribution in [1.29, 1.82) is 0 Å². The first-order chi connectivity index (χ1) is 5.43. The molecule has 0 amide bonds. The Morgan fingerprint density at radius 1 is 1.50 bits per heavy atom. The first-order valence-corrected chi connectivity index (χ1v) is 3.90. The van der Waals surface area contributed by atoms with E-state index in [1.54, 1.807) is 24.0 Å². The maximum atomic E-state index is 9.70. The molecule has 1 aromatic heterocycles. The van der Waals surface area contributed by atoms with Gasteiger partial charge in [-0.05, 0) is 20.8 Å². The molecule has 0 aliphatic rings. The molecule has 1 rings (SSSR count). The van der Waals surface area contributed by atoms with Crippen LogP contribution in [0.2, 0.25) is 0 Å². The number of hydroxylamine groups is 1. The number of hydrogen-bond donors (Lipinski definition) is 1. The fourth-order valence-corrected chi connectivity index (χ4v) is 0.918. The highest BCUT2D eigenvalue weighted by molar-refractivity contribution is 5.36. The van der Waals surface area contributed by atoms with Gasteiger partial charge in [-0.2, -0.15) is 5.10 Å². The summed E-state index contributed by atoms with van der Waals surface area (Å²) in [5.41, 5.74) is -0.298. The Hall–Kier alpha value is -1.03. The zero-order valence-electron chi connectivity index (χ0n) is 7.94. The smallest absolute Gasteiger partial charge is 0.151 e. The van der Waals surface area contributed by atoms with Gasteiger partial charge < -0.3 is 0 Å². The third-order valence-corrected chi connectivity index (χ3v) is 1.65. The molecule has 0 unspecified atom stereocenters. The molecule has 0 radical (unpaired) electrons. The average Bonchev–Trinajstić information content (AvgIpc) is 2.31. The lowest BCUT2D eigenvalue weighted by Gasteiger charge is -2.30. The quantitative estimate of drug-likeness (QED) is 0.646. The minimum absolute atomic E-state index is 0.298. The van der Waals surface area contributed by atoms with Crippen molar-refractivity contribution in [3.05, 3.63) is 12.3 Å². The Morgan fingerprint density at radius 2 is 2.08 bits per heavy atom. The molecule has 0 aliphatic carbocycles. The summed E-state index contributed by atoms with van der Waals surface area (Å²) in [4.78, 5) is 0. The molecular weight excluding hydrogens is 154 g/mol. The second-order valence-corrected chi connectivity index (χ2v) is 3.80. The number of anilines is 1. The average molecular weight is 169 g/mol. The van der Waals surface area contributed by atoms with Gasteiger partial charge in [-0.1, -0.05) is 0 Å². The van der Waals surface area contributed by atoms with E-state index < -0.39 is 0 Å². The Kier molecular flexibility index (Phi) is 2.10. The van der Waals surface area contributed by atoms with E-state index in [4.69, 9.17) is 0 Å². The van der Waals surface area contributed by atoms with Crippen LogP contribution in [-0.2, 0) is 7.05 Å². The lowest BCUT2D eigenvalue weighted by Crippen LogP contribution is -2.39. The summed E-state index contributed by atoms with van der Waals surface area (Å²) in [6, 6.07) is 1.77. The molecule has 4 nitrogen and oxygen atoms in total. The molecule has 0 spiro atoms. The van der Waals surface area contributed by atoms with Gasteiger partial charge in [0, 0.05) is 13.1 Å². The number of aryl methyl sites for hydroxylation is 1. The van der Waals surface area contributed by atoms with Gasteiger partial charge in [0.1, 0.15) is 0 Å². The highest BCUT2D eigenvalue weighted by atomic mass is 16.5. The molecule has 0 aromatic carbocycles. The lowest BCUT2D eigenvalue weighted by molar-refractivity contribution is 0.175. The van der Waals surface area contributed by atoms with Crippen LogP contribution in [0.15, 0.2) is 12.3 Å². The second-order valence-electron chi connectivity index (χ2n) is 3.80. The fraction of sp³-hybridized carbons (Fsp3) is 0.625. The van der Waals surface area contributed by atoms with E-state index in [1.165, 1.54) is 5.06 Å². The molecule has 1 heterocycles. The normalized spacial score (nSPS) is 11.8. The van der Waals surface area contributed by atoms with Crippen LogP contribution in [0.4, 0.5) is 5.82 Å². The maximum absolute atomic E-state index is 9.70. The van der Waals surface area contributed by atoms with Crippen LogP contribution in [-0.4, -0.2) is 20.5 Å². The van der Waals surface area contributed by atoms with Crippen molar-refractivity contribution in [3.8, 4) is 0 Å². The van der Waals surface area contributed by atoms with Gasteiger partial charge in [0.15, 0.2) is 5.82 Å². The van der Waals surface area contributed by atoms with E-state index in [1.807, 2.05) is 20.8 Å². The van der Waals surface area contributed by atoms with Crippen LogP contribution >= 0.6 is 0 Å². The second kappa shape index (κ2) is 2.79. The third kappa shape index (κ3) is 1.58. The molecule has 0 aliphatic heterocycles. The summed E-state index contributed by atoms with van der Waals surface area (Å²) in [6.07, 6.45) is 1.66. The van der Waals surface area contributed by atoms with Crippen LogP contribution in [0, 0.1) is 0 Å². The molecule has 0 saturated heterocycles. The maximum Gasteiger partial charge on any atom is 0.151 e. The number of nitrogens with zero attached hydrogens (tertiary/aromatic N) is 3. The van der Waals surface area contributed by atoms with Crippen molar-refractivity contribution in [3.63, 3.8) is 0 Å². The van der Waals surface area contributed by atoms with Gasteiger partial charge in [-0.3, -0.25) is 9.89 Å². The SMILES string of the molecule is Cn1nccc1N(O)C(C)(C)C. The Bertz CT molecular complexity index is 262. The first-order valence-electron chi connectivity index (χ1n) is 3.90. The molecular formula is C8H15N3O. The highest BCUT2D eigenvalue weighted by Gasteiger charge is 2.21. The molecule has 68 valence electrons. The van der Waals surface area contributed by atoms with Crippen LogP contribution in [0.25, 0.3) is 0 Å². The number of hydrogen-bond acceptors (Lipinski definition) is 3. The standard InChI is InChI=1S/C8H15N3O/c1-8(2,3)11(12)7-5-6-9-10(7)4/h5-6,12H,1-4H3. The summed E-state index contributed by atoms with van der Waals surface area (Å²) < 4.78 is 1.63. The summed E-state index contributed by atoms with van der Waals surface area (Å²) in [5.74, 6) is 0.697. The first kappa shape index (κ1) is 9.06. The Balaban J connectivity index is 2.92. The highest BCUT2D eigenvalue weighted by Crippen LogP contribution is 2.19. The van der Waals surface area contributed by atoms with Crippen LogP contribution in [0.5, 0.6) is 0 Å². The van der Waals surface area contributed by atoms with Crippen molar-refractivity contribution in [1.82, 2.24) is 9.78 Å². The predicted molar refractivity (Wildman–Crippen MR) is 47.2 cm³/mol. The molecule has 4 heteroatoms. The summed E-state index contributed by atoms with van der Waals surface area (Å²) >= 11 is 0. The molecule has 1 N–H and O–H groups in total. The summed E-state index contributed by atoms with van der Waals surface area (Å²) in [5, 5.41) is 14.9. The van der Waals surface area contributed by atoms with E-state index in [2.05, 4.69) is 5.10 Å². The summed E-state index contributed by atoms with van der Waals surface area (Å²) in [6.45, 7) is 5.79. The minimum atomic E-state index is -0.298. The summed E-state index contributed by atoms with van der Waals surface area (Å²) in [7, 11) is 1.80. The Labute approximate surface area is 72.4 Å². The third-order valence-electron chi connectivity index (χ3n) is 1.65. The number of rotatable bonds is 1. The van der Waals surface area contributed by atoms with Crippen molar-refractivity contribution in [2.24, 2.45) is 7.05 Å². The molecule has 1 aromatic rings. The topological polar surface area (TPSA) is 41.3 Å². The number of aromatic nitrogens is 2. The van der Waals surface area contributed by atoms with E-state index in [0.29, 0.717) is 5.82 Å². The molecule has 0 saturated carbocycles. The van der Waals surface area contributed by atoms with E-state index in [0.717, 1.165) is 0 Å². The molecule has 0 bridgehead atoms. The van der Waals surface area contributed by atoms with Crippen LogP contribution in [0.3, 0.4) is 0 Å². The minimum Gasteiger partial charge on any atom is -0.286 e. The zero-order chi connectivity index (χ0) is 9.35. The monoisotopic (exact) mass is 169 g/mol. The van der Waals surface area contributed by atoms with Gasteiger partial charge in [0.2, 0.25) is 0 Å². The van der Waals surface area contributed by atoms with Crippen molar-refractivity contribution < 1.29 is 5.21 Å². The van der Waals surface area contributed by atoms with Crippen molar-refractivity contribution >= 4 is 5.82 Å².